The van der Waals surface area contributed by atoms with Crippen LogP contribution in [0.1, 0.15) is 30.9 Å². The summed E-state index contributed by atoms with van der Waals surface area (Å²) in [5.41, 5.74) is 5.13. The molecule has 1 fully saturated rings. The van der Waals surface area contributed by atoms with Crippen molar-refractivity contribution in [3.8, 4) is 11.3 Å². The molecule has 2 aromatic carbocycles. The second-order valence-electron chi connectivity index (χ2n) is 7.71. The van der Waals surface area contributed by atoms with E-state index in [-0.39, 0.29) is 5.43 Å². The molecule has 1 atom stereocenters. The Kier molecular flexibility index (Phi) is 4.64. The maximum Gasteiger partial charge on any atom is 0.194 e. The lowest BCUT2D eigenvalue weighted by Gasteiger charge is -2.31. The van der Waals surface area contributed by atoms with Crippen molar-refractivity contribution in [2.75, 3.05) is 13.1 Å². The second-order valence-corrected chi connectivity index (χ2v) is 7.71. The number of benzene rings is 2. The zero-order chi connectivity index (χ0) is 18.1. The zero-order valence-electron chi connectivity index (χ0n) is 15.6. The number of nitrogens with one attached hydrogen (secondary N) is 1. The van der Waals surface area contributed by atoms with Gasteiger partial charge in [0.05, 0.1) is 5.69 Å². The van der Waals surface area contributed by atoms with Crippen molar-refractivity contribution in [1.29, 1.82) is 0 Å². The van der Waals surface area contributed by atoms with Crippen LogP contribution in [0.15, 0.2) is 53.3 Å². The maximum absolute atomic E-state index is 13.4. The van der Waals surface area contributed by atoms with Gasteiger partial charge in [0.25, 0.3) is 0 Å². The quantitative estimate of drug-likeness (QED) is 0.744. The van der Waals surface area contributed by atoms with E-state index in [2.05, 4.69) is 35.0 Å². The third kappa shape index (κ3) is 3.32. The molecule has 3 nitrogen and oxygen atoms in total. The minimum Gasteiger partial charge on any atom is -0.354 e. The first-order valence-electron chi connectivity index (χ1n) is 9.55. The average molecular weight is 346 g/mol. The first-order chi connectivity index (χ1) is 12.6. The summed E-state index contributed by atoms with van der Waals surface area (Å²) in [6, 6.07) is 16.3. The molecule has 3 heteroatoms. The van der Waals surface area contributed by atoms with E-state index in [9.17, 15) is 4.79 Å². The fourth-order valence-corrected chi connectivity index (χ4v) is 4.10. The van der Waals surface area contributed by atoms with Crippen molar-refractivity contribution in [3.63, 3.8) is 0 Å². The van der Waals surface area contributed by atoms with Crippen LogP contribution in [0.5, 0.6) is 0 Å². The van der Waals surface area contributed by atoms with Gasteiger partial charge in [0.1, 0.15) is 0 Å². The molecule has 0 radical (unpaired) electrons. The van der Waals surface area contributed by atoms with Gasteiger partial charge in [-0.05, 0) is 49.9 Å². The molecule has 0 amide bonds. The highest BCUT2D eigenvalue weighted by molar-refractivity contribution is 5.83. The summed E-state index contributed by atoms with van der Waals surface area (Å²) in [5.74, 6) is 0.700. The van der Waals surface area contributed by atoms with Crippen molar-refractivity contribution in [2.24, 2.45) is 5.92 Å². The summed E-state index contributed by atoms with van der Waals surface area (Å²) >= 11 is 0. The van der Waals surface area contributed by atoms with Crippen LogP contribution in [0.2, 0.25) is 0 Å². The van der Waals surface area contributed by atoms with E-state index in [4.69, 9.17) is 0 Å². The smallest absolute Gasteiger partial charge is 0.194 e. The summed E-state index contributed by atoms with van der Waals surface area (Å²) < 4.78 is 0. The molecule has 1 saturated heterocycles. The highest BCUT2D eigenvalue weighted by Gasteiger charge is 2.21. The third-order valence-electron chi connectivity index (χ3n) is 5.44. The Morgan fingerprint density at radius 3 is 2.73 bits per heavy atom. The molecule has 0 unspecified atom stereocenters. The number of nitrogens with zero attached hydrogens (tertiary/aromatic N) is 1. The number of pyridine rings is 1. The minimum atomic E-state index is 0.166. The monoisotopic (exact) mass is 346 g/mol. The standard InChI is InChI=1S/C23H26N2O/c1-16-10-11-21-19(13-16)23(26)20(15-25-12-6-7-17(2)14-25)22(24-21)18-8-4-3-5-9-18/h3-5,8-11,13,17H,6-7,12,14-15H2,1-2H3,(H,24,26)/t17-/m0/s1. The summed E-state index contributed by atoms with van der Waals surface area (Å²) in [5, 5.41) is 0.796. The van der Waals surface area contributed by atoms with Gasteiger partial charge < -0.3 is 4.98 Å². The molecule has 1 aromatic heterocycles. The fourth-order valence-electron chi connectivity index (χ4n) is 4.10. The number of aromatic nitrogens is 1. The van der Waals surface area contributed by atoms with Crippen LogP contribution in [-0.2, 0) is 6.54 Å². The van der Waals surface area contributed by atoms with Crippen molar-refractivity contribution in [3.05, 3.63) is 69.9 Å². The number of aryl methyl sites for hydroxylation is 1. The first-order valence-corrected chi connectivity index (χ1v) is 9.55. The van der Waals surface area contributed by atoms with Crippen molar-refractivity contribution < 1.29 is 0 Å². The Morgan fingerprint density at radius 1 is 1.15 bits per heavy atom. The Hall–Kier alpha value is -2.39. The lowest BCUT2D eigenvalue weighted by Crippen LogP contribution is -2.35. The van der Waals surface area contributed by atoms with E-state index in [0.717, 1.165) is 46.4 Å². The van der Waals surface area contributed by atoms with E-state index < -0.39 is 0 Å². The zero-order valence-corrected chi connectivity index (χ0v) is 15.6. The van der Waals surface area contributed by atoms with Crippen LogP contribution < -0.4 is 5.43 Å². The van der Waals surface area contributed by atoms with Gasteiger partial charge in [-0.15, -0.1) is 0 Å². The number of piperidine rings is 1. The number of rotatable bonds is 3. The molecular formula is C23H26N2O. The molecular weight excluding hydrogens is 320 g/mol. The summed E-state index contributed by atoms with van der Waals surface area (Å²) in [6.07, 6.45) is 2.50. The van der Waals surface area contributed by atoms with Crippen LogP contribution in [0.4, 0.5) is 0 Å². The predicted octanol–water partition coefficient (Wildman–Crippen LogP) is 4.74. The van der Waals surface area contributed by atoms with Gasteiger partial charge in [0.2, 0.25) is 0 Å². The number of aromatic amines is 1. The van der Waals surface area contributed by atoms with Gasteiger partial charge in [0.15, 0.2) is 5.43 Å². The van der Waals surface area contributed by atoms with Gasteiger partial charge in [-0.25, -0.2) is 0 Å². The highest BCUT2D eigenvalue weighted by atomic mass is 16.1. The Labute approximate surface area is 154 Å². The first kappa shape index (κ1) is 17.0. The highest BCUT2D eigenvalue weighted by Crippen LogP contribution is 2.25. The number of hydrogen-bond donors (Lipinski definition) is 1. The molecule has 3 aromatic rings. The van der Waals surface area contributed by atoms with Crippen LogP contribution in [0.3, 0.4) is 0 Å². The van der Waals surface area contributed by atoms with Crippen LogP contribution >= 0.6 is 0 Å². The molecule has 4 rings (SSSR count). The number of hydrogen-bond acceptors (Lipinski definition) is 2. The van der Waals surface area contributed by atoms with E-state index in [1.165, 1.54) is 12.8 Å². The molecule has 0 spiro atoms. The molecule has 0 saturated carbocycles. The molecule has 134 valence electrons. The largest absolute Gasteiger partial charge is 0.354 e. The summed E-state index contributed by atoms with van der Waals surface area (Å²) in [7, 11) is 0. The van der Waals surface area contributed by atoms with Gasteiger partial charge in [0, 0.05) is 29.6 Å². The minimum absolute atomic E-state index is 0.166. The van der Waals surface area contributed by atoms with Crippen LogP contribution in [0.25, 0.3) is 22.2 Å². The van der Waals surface area contributed by atoms with Crippen molar-refractivity contribution in [2.45, 2.75) is 33.2 Å². The Bertz CT molecular complexity index is 975. The molecule has 1 aliphatic heterocycles. The van der Waals surface area contributed by atoms with Crippen LogP contribution in [0, 0.1) is 12.8 Å². The number of likely N-dealkylation sites (tertiary alicyclic amines) is 1. The molecule has 26 heavy (non-hydrogen) atoms. The van der Waals surface area contributed by atoms with E-state index in [0.29, 0.717) is 12.5 Å². The Morgan fingerprint density at radius 2 is 1.96 bits per heavy atom. The fraction of sp³-hybridized carbons (Fsp3) is 0.348. The summed E-state index contributed by atoms with van der Waals surface area (Å²) in [6.45, 7) is 7.20. The normalized spacial score (nSPS) is 18.3. The van der Waals surface area contributed by atoms with E-state index >= 15 is 0 Å². The Balaban J connectivity index is 1.87. The number of H-pyrrole nitrogens is 1. The van der Waals surface area contributed by atoms with Crippen LogP contribution in [-0.4, -0.2) is 23.0 Å². The van der Waals surface area contributed by atoms with Gasteiger partial charge in [-0.2, -0.15) is 0 Å². The SMILES string of the molecule is Cc1ccc2[nH]c(-c3ccccc3)c(CN3CCC[C@H](C)C3)c(=O)c2c1. The van der Waals surface area contributed by atoms with E-state index in [1.807, 2.05) is 37.3 Å². The number of fused-ring (bicyclic) bond motifs is 1. The van der Waals surface area contributed by atoms with Gasteiger partial charge in [-0.3, -0.25) is 9.69 Å². The lowest BCUT2D eigenvalue weighted by molar-refractivity contribution is 0.176. The topological polar surface area (TPSA) is 36.1 Å². The lowest BCUT2D eigenvalue weighted by atomic mass is 9.97. The predicted molar refractivity (Wildman–Crippen MR) is 108 cm³/mol. The maximum atomic E-state index is 13.4. The average Bonchev–Trinajstić information content (AvgIpc) is 2.65. The van der Waals surface area contributed by atoms with Crippen molar-refractivity contribution >= 4 is 10.9 Å². The second kappa shape index (κ2) is 7.08. The molecule has 1 N–H and O–H groups in total. The molecule has 1 aliphatic rings. The van der Waals surface area contributed by atoms with Gasteiger partial charge >= 0.3 is 0 Å². The van der Waals surface area contributed by atoms with E-state index in [1.54, 1.807) is 0 Å². The van der Waals surface area contributed by atoms with Crippen molar-refractivity contribution in [1.82, 2.24) is 9.88 Å². The summed E-state index contributed by atoms with van der Waals surface area (Å²) in [4.78, 5) is 19.4. The molecule has 0 bridgehead atoms. The van der Waals surface area contributed by atoms with Gasteiger partial charge in [-0.1, -0.05) is 48.9 Å². The third-order valence-corrected chi connectivity index (χ3v) is 5.44. The molecule has 0 aliphatic carbocycles. The molecule has 2 heterocycles.